The number of hydrogen-bond donors (Lipinski definition) is 1. The number of amides is 1. The van der Waals surface area contributed by atoms with Gasteiger partial charge in [0.25, 0.3) is 5.91 Å². The average molecular weight is 766 g/mol. The zero-order chi connectivity index (χ0) is 38.5. The maximum absolute atomic E-state index is 13.3. The number of carbonyl (C=O) groups excluding carboxylic acids is 3. The molecule has 0 unspecified atom stereocenters. The summed E-state index contributed by atoms with van der Waals surface area (Å²) in [5.74, 6) is 0.436. The van der Waals surface area contributed by atoms with Crippen molar-refractivity contribution in [2.45, 2.75) is 84.8 Å². The Hall–Kier alpha value is -4.97. The molecule has 54 heavy (non-hydrogen) atoms. The van der Waals surface area contributed by atoms with Crippen molar-refractivity contribution < 1.29 is 46.8 Å². The van der Waals surface area contributed by atoms with Crippen LogP contribution >= 0.6 is 11.3 Å². The Morgan fingerprint density at radius 3 is 2.20 bits per heavy atom. The minimum absolute atomic E-state index is 0.0141. The summed E-state index contributed by atoms with van der Waals surface area (Å²) in [5.41, 5.74) is 4.74. The third kappa shape index (κ3) is 14.1. The molecule has 1 aromatic heterocycles. The zero-order valence-electron chi connectivity index (χ0n) is 30.9. The van der Waals surface area contributed by atoms with Gasteiger partial charge in [0, 0.05) is 30.5 Å². The number of thiophene rings is 1. The number of para-hydroxylation sites is 1. The Labute approximate surface area is 319 Å². The van der Waals surface area contributed by atoms with Gasteiger partial charge in [-0.15, -0.1) is 0 Å². The van der Waals surface area contributed by atoms with Crippen molar-refractivity contribution in [3.63, 3.8) is 0 Å². The molecule has 0 saturated heterocycles. The van der Waals surface area contributed by atoms with Gasteiger partial charge in [0.1, 0.15) is 17.2 Å². The Bertz CT molecular complexity index is 1760. The molecular formula is C42H49F2NO8S. The van der Waals surface area contributed by atoms with E-state index in [0.717, 1.165) is 60.1 Å². The first-order valence-corrected chi connectivity index (χ1v) is 19.4. The Balaban J connectivity index is 1.30. The van der Waals surface area contributed by atoms with Gasteiger partial charge in [-0.1, -0.05) is 43.2 Å². The molecule has 1 heterocycles. The average Bonchev–Trinajstić information content (AvgIpc) is 3.71. The van der Waals surface area contributed by atoms with Crippen LogP contribution in [0.2, 0.25) is 0 Å². The lowest BCUT2D eigenvalue weighted by Crippen LogP contribution is -2.23. The number of unbranched alkanes of at least 4 members (excludes halogenated alkanes) is 3. The molecule has 0 bridgehead atoms. The number of carbonyl (C=O) groups is 3. The van der Waals surface area contributed by atoms with Gasteiger partial charge < -0.3 is 29.0 Å². The Morgan fingerprint density at radius 2 is 1.44 bits per heavy atom. The lowest BCUT2D eigenvalue weighted by atomic mass is 9.96. The number of nitrogens with one attached hydrogen (secondary N) is 1. The molecule has 9 nitrogen and oxygen atoms in total. The minimum Gasteiger partial charge on any atom is -0.494 e. The second kappa shape index (κ2) is 23.0. The van der Waals surface area contributed by atoms with E-state index in [1.807, 2.05) is 35.0 Å². The van der Waals surface area contributed by atoms with Crippen LogP contribution < -0.4 is 19.5 Å². The van der Waals surface area contributed by atoms with Gasteiger partial charge in [0.2, 0.25) is 0 Å². The third-order valence-corrected chi connectivity index (χ3v) is 9.15. The van der Waals surface area contributed by atoms with E-state index in [4.69, 9.17) is 18.9 Å². The molecule has 4 aromatic rings. The van der Waals surface area contributed by atoms with Gasteiger partial charge in [0.05, 0.1) is 26.4 Å². The number of aryl methyl sites for hydroxylation is 1. The summed E-state index contributed by atoms with van der Waals surface area (Å²) in [4.78, 5) is 37.2. The van der Waals surface area contributed by atoms with E-state index in [2.05, 4.69) is 16.1 Å². The maximum Gasteiger partial charge on any atom is 0.387 e. The first-order valence-electron chi connectivity index (χ1n) is 18.4. The highest BCUT2D eigenvalue weighted by Crippen LogP contribution is 2.29. The van der Waals surface area contributed by atoms with Crippen LogP contribution in [0, 0.1) is 0 Å². The number of hydrogen-bond acceptors (Lipinski definition) is 9. The topological polar surface area (TPSA) is 109 Å². The normalized spacial score (nSPS) is 10.9. The number of rotatable bonds is 24. The number of esters is 2. The lowest BCUT2D eigenvalue weighted by Gasteiger charge is -2.16. The molecular weight excluding hydrogens is 717 g/mol. The second-order valence-electron chi connectivity index (χ2n) is 12.4. The quantitative estimate of drug-likeness (QED) is 0.0556. The largest absolute Gasteiger partial charge is 0.494 e. The summed E-state index contributed by atoms with van der Waals surface area (Å²) in [6, 6.07) is 19.6. The molecule has 0 aliphatic heterocycles. The fourth-order valence-corrected chi connectivity index (χ4v) is 6.53. The molecule has 0 radical (unpaired) electrons. The summed E-state index contributed by atoms with van der Waals surface area (Å²) in [7, 11) is 0. The first kappa shape index (κ1) is 41.8. The van der Waals surface area contributed by atoms with Crippen LogP contribution in [0.25, 0.3) is 11.1 Å². The monoisotopic (exact) mass is 765 g/mol. The number of benzene rings is 3. The predicted octanol–water partition coefficient (Wildman–Crippen LogP) is 9.35. The van der Waals surface area contributed by atoms with E-state index in [1.165, 1.54) is 6.07 Å². The summed E-state index contributed by atoms with van der Waals surface area (Å²) < 4.78 is 52.7. The molecule has 0 atom stereocenters. The van der Waals surface area contributed by atoms with Crippen molar-refractivity contribution in [2.75, 3.05) is 26.4 Å². The van der Waals surface area contributed by atoms with E-state index in [-0.39, 0.29) is 43.0 Å². The van der Waals surface area contributed by atoms with Gasteiger partial charge in [-0.3, -0.25) is 14.4 Å². The third-order valence-electron chi connectivity index (χ3n) is 8.46. The van der Waals surface area contributed by atoms with Crippen LogP contribution in [-0.4, -0.2) is 50.9 Å². The summed E-state index contributed by atoms with van der Waals surface area (Å²) in [5, 5.41) is 6.77. The molecule has 0 aliphatic carbocycles. The van der Waals surface area contributed by atoms with Crippen LogP contribution in [0.4, 0.5) is 8.78 Å². The smallest absolute Gasteiger partial charge is 0.387 e. The van der Waals surface area contributed by atoms with Gasteiger partial charge in [-0.05, 0) is 115 Å². The van der Waals surface area contributed by atoms with Crippen LogP contribution in [0.1, 0.15) is 85.8 Å². The minimum atomic E-state index is -2.97. The molecule has 1 amide bonds. The molecule has 0 saturated carbocycles. The fraction of sp³-hybridized carbons (Fsp3) is 0.405. The van der Waals surface area contributed by atoms with Crippen molar-refractivity contribution in [1.82, 2.24) is 5.32 Å². The summed E-state index contributed by atoms with van der Waals surface area (Å²) in [6.07, 6.45) is 6.02. The first-order chi connectivity index (χ1) is 26.3. The van der Waals surface area contributed by atoms with Gasteiger partial charge >= 0.3 is 18.6 Å². The lowest BCUT2D eigenvalue weighted by molar-refractivity contribution is -0.144. The zero-order valence-corrected chi connectivity index (χ0v) is 31.7. The highest BCUT2D eigenvalue weighted by molar-refractivity contribution is 7.08. The summed E-state index contributed by atoms with van der Waals surface area (Å²) in [6.45, 7) is 2.13. The van der Waals surface area contributed by atoms with Gasteiger partial charge in [0.15, 0.2) is 0 Å². The number of halogens is 2. The van der Waals surface area contributed by atoms with Crippen LogP contribution in [-0.2, 0) is 38.4 Å². The van der Waals surface area contributed by atoms with E-state index in [9.17, 15) is 23.2 Å². The standard InChI is InChI=1S/C42H49F2NO8S/c1-3-49-39(46)18-12-23-52-38-17-11-15-30(36(38)19-20-40(47)50-4-2)13-7-5-6-10-22-51-35-26-33(32-21-24-54-29-32)25-34(27-35)41(48)45-28-31-14-8-9-16-37(31)53-42(43)44/h8-9,11,14-17,21,24-27,29,42H,3-7,10,12-13,18-20,22-23,28H2,1-2H3,(H,45,48). The second-order valence-corrected chi connectivity index (χ2v) is 13.2. The fourth-order valence-electron chi connectivity index (χ4n) is 5.86. The molecule has 12 heteroatoms. The van der Waals surface area contributed by atoms with Crippen molar-refractivity contribution in [3.05, 3.63) is 99.7 Å². The molecule has 4 rings (SSSR count). The summed E-state index contributed by atoms with van der Waals surface area (Å²) >= 11 is 1.55. The maximum atomic E-state index is 13.3. The van der Waals surface area contributed by atoms with Crippen molar-refractivity contribution >= 4 is 29.2 Å². The molecule has 0 spiro atoms. The van der Waals surface area contributed by atoms with E-state index < -0.39 is 6.61 Å². The van der Waals surface area contributed by atoms with Crippen LogP contribution in [0.15, 0.2) is 77.5 Å². The molecule has 1 N–H and O–H groups in total. The van der Waals surface area contributed by atoms with E-state index in [1.54, 1.807) is 55.5 Å². The highest BCUT2D eigenvalue weighted by Gasteiger charge is 2.15. The Kier molecular flexibility index (Phi) is 17.8. The number of alkyl halides is 2. The molecule has 290 valence electrons. The van der Waals surface area contributed by atoms with Crippen molar-refractivity contribution in [2.24, 2.45) is 0 Å². The predicted molar refractivity (Wildman–Crippen MR) is 204 cm³/mol. The number of ether oxygens (including phenoxy) is 5. The SMILES string of the molecule is CCOC(=O)CCCOc1cccc(CCCCCCOc2cc(C(=O)NCc3ccccc3OC(F)F)cc(-c3ccsc3)c2)c1CCC(=O)OCC. The molecule has 3 aromatic carbocycles. The van der Waals surface area contributed by atoms with Crippen LogP contribution in [0.5, 0.6) is 17.2 Å². The van der Waals surface area contributed by atoms with Crippen molar-refractivity contribution in [1.29, 1.82) is 0 Å². The van der Waals surface area contributed by atoms with Crippen LogP contribution in [0.3, 0.4) is 0 Å². The van der Waals surface area contributed by atoms with Gasteiger partial charge in [-0.25, -0.2) is 0 Å². The van der Waals surface area contributed by atoms with Crippen molar-refractivity contribution in [3.8, 4) is 28.4 Å². The molecule has 0 fully saturated rings. The van der Waals surface area contributed by atoms with E-state index >= 15 is 0 Å². The highest BCUT2D eigenvalue weighted by atomic mass is 32.1. The Morgan fingerprint density at radius 1 is 0.722 bits per heavy atom. The van der Waals surface area contributed by atoms with Gasteiger partial charge in [-0.2, -0.15) is 20.1 Å². The van der Waals surface area contributed by atoms with E-state index in [0.29, 0.717) is 56.1 Å². The molecule has 0 aliphatic rings.